The van der Waals surface area contributed by atoms with E-state index in [1.165, 1.54) is 0 Å². The van der Waals surface area contributed by atoms with Crippen LogP contribution in [0.25, 0.3) is 11.0 Å². The fourth-order valence-corrected chi connectivity index (χ4v) is 3.18. The van der Waals surface area contributed by atoms with Crippen LogP contribution in [0.2, 0.25) is 0 Å². The first-order chi connectivity index (χ1) is 12.5. The molecule has 1 aliphatic rings. The minimum atomic E-state index is -0.790. The third kappa shape index (κ3) is 4.00. The summed E-state index contributed by atoms with van der Waals surface area (Å²) in [5, 5.41) is 0. The first kappa shape index (κ1) is 18.3. The van der Waals surface area contributed by atoms with Crippen LogP contribution in [0.1, 0.15) is 54.4 Å². The van der Waals surface area contributed by atoms with Gasteiger partial charge in [0, 0.05) is 13.1 Å². The van der Waals surface area contributed by atoms with Gasteiger partial charge in [0.15, 0.2) is 6.10 Å². The van der Waals surface area contributed by atoms with Crippen LogP contribution in [-0.4, -0.2) is 45.9 Å². The monoisotopic (exact) mass is 355 g/mol. The van der Waals surface area contributed by atoms with Crippen LogP contribution in [0.5, 0.6) is 0 Å². The molecule has 0 unspecified atom stereocenters. The SMILES string of the molecule is Cc1nc2ccc(C(=O)O[C@H](C)C(=O)N3CCCCCC3)cc2nc1C. The van der Waals surface area contributed by atoms with E-state index < -0.39 is 12.1 Å². The minimum Gasteiger partial charge on any atom is -0.449 e. The number of esters is 1. The predicted molar refractivity (Wildman–Crippen MR) is 98.9 cm³/mol. The van der Waals surface area contributed by atoms with Gasteiger partial charge in [-0.15, -0.1) is 0 Å². The summed E-state index contributed by atoms with van der Waals surface area (Å²) in [6, 6.07) is 5.09. The number of aromatic nitrogens is 2. The van der Waals surface area contributed by atoms with Gasteiger partial charge in [0.1, 0.15) is 0 Å². The summed E-state index contributed by atoms with van der Waals surface area (Å²) in [4.78, 5) is 35.7. The fourth-order valence-electron chi connectivity index (χ4n) is 3.18. The van der Waals surface area contributed by atoms with E-state index in [4.69, 9.17) is 4.74 Å². The summed E-state index contributed by atoms with van der Waals surface area (Å²) in [6.45, 7) is 6.91. The Labute approximate surface area is 153 Å². The molecule has 0 bridgehead atoms. The van der Waals surface area contributed by atoms with Gasteiger partial charge in [-0.2, -0.15) is 0 Å². The lowest BCUT2D eigenvalue weighted by atomic mass is 10.2. The molecule has 6 heteroatoms. The zero-order valence-corrected chi connectivity index (χ0v) is 15.6. The molecule has 1 aromatic heterocycles. The second kappa shape index (κ2) is 7.81. The van der Waals surface area contributed by atoms with Crippen molar-refractivity contribution in [3.8, 4) is 0 Å². The Morgan fingerprint density at radius 3 is 2.27 bits per heavy atom. The number of aryl methyl sites for hydroxylation is 2. The molecule has 0 aliphatic carbocycles. The van der Waals surface area contributed by atoms with Crippen LogP contribution in [-0.2, 0) is 9.53 Å². The molecule has 2 heterocycles. The molecule has 138 valence electrons. The van der Waals surface area contributed by atoms with Gasteiger partial charge in [-0.05, 0) is 51.8 Å². The molecule has 0 radical (unpaired) electrons. The number of benzene rings is 1. The van der Waals surface area contributed by atoms with Crippen LogP contribution < -0.4 is 0 Å². The van der Waals surface area contributed by atoms with Gasteiger partial charge in [0.05, 0.1) is 28.0 Å². The predicted octanol–water partition coefficient (Wildman–Crippen LogP) is 3.19. The van der Waals surface area contributed by atoms with E-state index in [1.807, 2.05) is 18.7 Å². The van der Waals surface area contributed by atoms with Crippen LogP contribution in [0, 0.1) is 13.8 Å². The molecule has 26 heavy (non-hydrogen) atoms. The Morgan fingerprint density at radius 1 is 1.00 bits per heavy atom. The summed E-state index contributed by atoms with van der Waals surface area (Å²) in [5.41, 5.74) is 3.45. The van der Waals surface area contributed by atoms with Crippen molar-refractivity contribution < 1.29 is 14.3 Å². The normalized spacial score (nSPS) is 16.2. The number of ether oxygens (including phenoxy) is 1. The molecule has 2 aromatic rings. The maximum Gasteiger partial charge on any atom is 0.338 e. The molecule has 6 nitrogen and oxygen atoms in total. The average Bonchev–Trinajstić information content (AvgIpc) is 2.91. The van der Waals surface area contributed by atoms with E-state index in [1.54, 1.807) is 25.1 Å². The Kier molecular flexibility index (Phi) is 5.49. The molecule has 1 fully saturated rings. The topological polar surface area (TPSA) is 72.4 Å². The lowest BCUT2D eigenvalue weighted by molar-refractivity contribution is -0.139. The summed E-state index contributed by atoms with van der Waals surface area (Å²) in [5.74, 6) is -0.630. The van der Waals surface area contributed by atoms with E-state index in [-0.39, 0.29) is 5.91 Å². The number of rotatable bonds is 3. The number of amides is 1. The Morgan fingerprint density at radius 2 is 1.62 bits per heavy atom. The number of hydrogen-bond donors (Lipinski definition) is 0. The summed E-state index contributed by atoms with van der Waals surface area (Å²) < 4.78 is 5.42. The number of carbonyl (C=O) groups excluding carboxylic acids is 2. The summed E-state index contributed by atoms with van der Waals surface area (Å²) in [6.07, 6.45) is 3.52. The number of fused-ring (bicyclic) bond motifs is 1. The summed E-state index contributed by atoms with van der Waals surface area (Å²) >= 11 is 0. The van der Waals surface area contributed by atoms with Crippen LogP contribution in [0.15, 0.2) is 18.2 Å². The maximum atomic E-state index is 12.5. The second-order valence-electron chi connectivity index (χ2n) is 6.88. The van der Waals surface area contributed by atoms with Gasteiger partial charge in [0.25, 0.3) is 5.91 Å². The maximum absolute atomic E-state index is 12.5. The van der Waals surface area contributed by atoms with Crippen molar-refractivity contribution in [3.05, 3.63) is 35.2 Å². The molecule has 0 spiro atoms. The third-order valence-corrected chi connectivity index (χ3v) is 4.86. The van der Waals surface area contributed by atoms with Crippen molar-refractivity contribution in [1.29, 1.82) is 0 Å². The van der Waals surface area contributed by atoms with Gasteiger partial charge in [-0.3, -0.25) is 4.79 Å². The molecule has 1 aromatic carbocycles. The number of likely N-dealkylation sites (tertiary alicyclic amines) is 1. The molecule has 0 N–H and O–H groups in total. The lowest BCUT2D eigenvalue weighted by Gasteiger charge is -2.24. The molecular weight excluding hydrogens is 330 g/mol. The molecule has 1 amide bonds. The Hall–Kier alpha value is -2.50. The second-order valence-corrected chi connectivity index (χ2v) is 6.88. The quantitative estimate of drug-likeness (QED) is 0.791. The average molecular weight is 355 g/mol. The zero-order chi connectivity index (χ0) is 18.7. The smallest absolute Gasteiger partial charge is 0.338 e. The van der Waals surface area contributed by atoms with Crippen molar-refractivity contribution in [3.63, 3.8) is 0 Å². The van der Waals surface area contributed by atoms with E-state index in [2.05, 4.69) is 9.97 Å². The van der Waals surface area contributed by atoms with Crippen LogP contribution in [0.4, 0.5) is 0 Å². The molecule has 0 saturated carbocycles. The highest BCUT2D eigenvalue weighted by molar-refractivity contribution is 5.95. The minimum absolute atomic E-state index is 0.118. The van der Waals surface area contributed by atoms with E-state index in [9.17, 15) is 9.59 Å². The molecule has 3 rings (SSSR count). The molecule has 1 atom stereocenters. The Balaban J connectivity index is 1.71. The van der Waals surface area contributed by atoms with Crippen molar-refractivity contribution in [1.82, 2.24) is 14.9 Å². The third-order valence-electron chi connectivity index (χ3n) is 4.86. The van der Waals surface area contributed by atoms with E-state index in [0.29, 0.717) is 11.1 Å². The van der Waals surface area contributed by atoms with Crippen LogP contribution in [0.3, 0.4) is 0 Å². The van der Waals surface area contributed by atoms with Gasteiger partial charge >= 0.3 is 5.97 Å². The molecular formula is C20H25N3O3. The summed E-state index contributed by atoms with van der Waals surface area (Å²) in [7, 11) is 0. The van der Waals surface area contributed by atoms with Crippen molar-refractivity contribution in [2.75, 3.05) is 13.1 Å². The number of carbonyl (C=O) groups is 2. The Bertz CT molecular complexity index is 826. The number of nitrogens with zero attached hydrogens (tertiary/aromatic N) is 3. The van der Waals surface area contributed by atoms with Gasteiger partial charge in [-0.25, -0.2) is 14.8 Å². The fraction of sp³-hybridized carbons (Fsp3) is 0.500. The van der Waals surface area contributed by atoms with Gasteiger partial charge in [-0.1, -0.05) is 12.8 Å². The van der Waals surface area contributed by atoms with Crippen molar-refractivity contribution in [2.45, 2.75) is 52.6 Å². The molecule has 1 aliphatic heterocycles. The highest BCUT2D eigenvalue weighted by Crippen LogP contribution is 2.17. The number of hydrogen-bond acceptors (Lipinski definition) is 5. The van der Waals surface area contributed by atoms with Gasteiger partial charge < -0.3 is 9.64 Å². The standard InChI is InChI=1S/C20H25N3O3/c1-13-14(2)22-18-12-16(8-9-17(18)21-13)20(25)26-15(3)19(24)23-10-6-4-5-7-11-23/h8-9,12,15H,4-7,10-11H2,1-3H3/t15-/m1/s1. The first-order valence-corrected chi connectivity index (χ1v) is 9.20. The van der Waals surface area contributed by atoms with Crippen molar-refractivity contribution >= 4 is 22.9 Å². The van der Waals surface area contributed by atoms with Crippen LogP contribution >= 0.6 is 0 Å². The lowest BCUT2D eigenvalue weighted by Crippen LogP contribution is -2.40. The highest BCUT2D eigenvalue weighted by Gasteiger charge is 2.25. The highest BCUT2D eigenvalue weighted by atomic mass is 16.5. The largest absolute Gasteiger partial charge is 0.449 e. The molecule has 1 saturated heterocycles. The zero-order valence-electron chi connectivity index (χ0n) is 15.6. The van der Waals surface area contributed by atoms with Crippen molar-refractivity contribution in [2.24, 2.45) is 0 Å². The first-order valence-electron chi connectivity index (χ1n) is 9.20. The van der Waals surface area contributed by atoms with E-state index in [0.717, 1.165) is 55.7 Å². The van der Waals surface area contributed by atoms with E-state index >= 15 is 0 Å². The van der Waals surface area contributed by atoms with Gasteiger partial charge in [0.2, 0.25) is 0 Å².